The van der Waals surface area contributed by atoms with Crippen molar-refractivity contribution in [3.8, 4) is 5.75 Å². The van der Waals surface area contributed by atoms with Gasteiger partial charge < -0.3 is 19.9 Å². The van der Waals surface area contributed by atoms with Gasteiger partial charge in [-0.2, -0.15) is 10.1 Å². The molecular formula is C19H20ClN7O6. The van der Waals surface area contributed by atoms with Gasteiger partial charge in [0, 0.05) is 18.1 Å². The Hall–Kier alpha value is -4.00. The van der Waals surface area contributed by atoms with E-state index in [4.69, 9.17) is 20.9 Å². The highest BCUT2D eigenvalue weighted by Crippen LogP contribution is 2.22. The Labute approximate surface area is 192 Å². The first-order valence-corrected chi connectivity index (χ1v) is 10.1. The molecule has 0 spiro atoms. The third-order valence-electron chi connectivity index (χ3n) is 4.40. The first kappa shape index (κ1) is 23.7. The maximum Gasteiger partial charge on any atom is 0.316 e. The lowest BCUT2D eigenvalue weighted by atomic mass is 10.3. The molecule has 0 radical (unpaired) electrons. The predicted molar refractivity (Wildman–Crippen MR) is 114 cm³/mol. The van der Waals surface area contributed by atoms with Crippen LogP contribution in [0.3, 0.4) is 0 Å². The topological polar surface area (TPSA) is 167 Å². The zero-order valence-corrected chi connectivity index (χ0v) is 18.5. The highest BCUT2D eigenvalue weighted by molar-refractivity contribution is 6.30. The monoisotopic (exact) mass is 477 g/mol. The van der Waals surface area contributed by atoms with Crippen LogP contribution in [0.15, 0.2) is 28.8 Å². The Bertz CT molecular complexity index is 1160. The maximum absolute atomic E-state index is 12.1. The Morgan fingerprint density at radius 3 is 2.58 bits per heavy atom. The molecule has 13 nitrogen and oxygen atoms in total. The number of ether oxygens (including phenoxy) is 1. The Kier molecular flexibility index (Phi) is 7.56. The van der Waals surface area contributed by atoms with Crippen LogP contribution in [0.2, 0.25) is 5.02 Å². The van der Waals surface area contributed by atoms with Gasteiger partial charge in [0.2, 0.25) is 0 Å². The number of carbonyl (C=O) groups is 2. The van der Waals surface area contributed by atoms with E-state index in [0.717, 1.165) is 0 Å². The molecule has 0 saturated heterocycles. The second kappa shape index (κ2) is 10.5. The molecule has 0 aliphatic heterocycles. The molecule has 14 heteroatoms. The summed E-state index contributed by atoms with van der Waals surface area (Å²) in [5, 5.41) is 24.6. The summed E-state index contributed by atoms with van der Waals surface area (Å²) < 4.78 is 11.6. The molecule has 1 aromatic carbocycles. The van der Waals surface area contributed by atoms with Gasteiger partial charge in [-0.25, -0.2) is 0 Å². The second-order valence-electron chi connectivity index (χ2n) is 6.80. The van der Waals surface area contributed by atoms with E-state index in [-0.39, 0.29) is 55.2 Å². The number of benzene rings is 1. The third kappa shape index (κ3) is 6.26. The van der Waals surface area contributed by atoms with E-state index in [1.54, 1.807) is 31.2 Å². The van der Waals surface area contributed by atoms with Crippen molar-refractivity contribution in [1.82, 2.24) is 30.6 Å². The molecule has 2 amide bonds. The number of halogens is 1. The van der Waals surface area contributed by atoms with Crippen LogP contribution in [0.1, 0.15) is 27.9 Å². The number of aromatic nitrogens is 4. The van der Waals surface area contributed by atoms with E-state index < -0.39 is 10.8 Å². The van der Waals surface area contributed by atoms with E-state index in [0.29, 0.717) is 16.5 Å². The van der Waals surface area contributed by atoms with Crippen LogP contribution in [0.25, 0.3) is 0 Å². The zero-order chi connectivity index (χ0) is 24.0. The van der Waals surface area contributed by atoms with Gasteiger partial charge in [0.1, 0.15) is 23.7 Å². The minimum atomic E-state index is -0.625. The molecule has 33 heavy (non-hydrogen) atoms. The summed E-state index contributed by atoms with van der Waals surface area (Å²) in [6.45, 7) is 3.17. The Morgan fingerprint density at radius 1 is 1.21 bits per heavy atom. The first-order valence-electron chi connectivity index (χ1n) is 9.69. The van der Waals surface area contributed by atoms with Gasteiger partial charge >= 0.3 is 17.5 Å². The molecule has 0 saturated carbocycles. The lowest BCUT2D eigenvalue weighted by Crippen LogP contribution is -2.36. The summed E-state index contributed by atoms with van der Waals surface area (Å²) >= 11 is 5.78. The second-order valence-corrected chi connectivity index (χ2v) is 7.23. The fourth-order valence-corrected chi connectivity index (χ4v) is 2.96. The van der Waals surface area contributed by atoms with Crippen LogP contribution in [0.4, 0.5) is 5.69 Å². The van der Waals surface area contributed by atoms with Crippen molar-refractivity contribution < 1.29 is 23.8 Å². The molecule has 0 aliphatic carbocycles. The molecule has 2 heterocycles. The normalized spacial score (nSPS) is 10.6. The van der Waals surface area contributed by atoms with E-state index in [1.807, 2.05) is 0 Å². The number of rotatable bonds is 10. The molecule has 3 rings (SSSR count). The van der Waals surface area contributed by atoms with E-state index in [9.17, 15) is 19.7 Å². The number of hydrogen-bond acceptors (Lipinski definition) is 9. The Balaban J connectivity index is 1.41. The molecule has 0 atom stereocenters. The van der Waals surface area contributed by atoms with Crippen LogP contribution in [0, 0.1) is 24.0 Å². The highest BCUT2D eigenvalue weighted by Gasteiger charge is 2.23. The molecule has 0 fully saturated rings. The van der Waals surface area contributed by atoms with Crippen LogP contribution in [0.5, 0.6) is 5.75 Å². The smallest absolute Gasteiger partial charge is 0.316 e. The van der Waals surface area contributed by atoms with E-state index in [2.05, 4.69) is 25.9 Å². The van der Waals surface area contributed by atoms with Crippen molar-refractivity contribution in [2.24, 2.45) is 0 Å². The predicted octanol–water partition coefficient (Wildman–Crippen LogP) is 1.42. The number of hydrogen-bond donors (Lipinski definition) is 2. The number of amides is 2. The molecule has 0 unspecified atom stereocenters. The Morgan fingerprint density at radius 2 is 1.91 bits per heavy atom. The third-order valence-corrected chi connectivity index (χ3v) is 4.65. The molecule has 2 aromatic heterocycles. The van der Waals surface area contributed by atoms with Gasteiger partial charge in [-0.05, 0) is 38.1 Å². The highest BCUT2D eigenvalue weighted by atomic mass is 35.5. The molecule has 2 N–H and O–H groups in total. The summed E-state index contributed by atoms with van der Waals surface area (Å²) in [6, 6.07) is 6.58. The van der Waals surface area contributed by atoms with Gasteiger partial charge in [-0.1, -0.05) is 16.8 Å². The summed E-state index contributed by atoms with van der Waals surface area (Å²) in [5.74, 6) is -0.630. The van der Waals surface area contributed by atoms with Crippen molar-refractivity contribution in [2.75, 3.05) is 19.7 Å². The quantitative estimate of drug-likeness (QED) is 0.249. The number of nitrogens with one attached hydrogen (secondary N) is 2. The molecular weight excluding hydrogens is 458 g/mol. The largest absolute Gasteiger partial charge is 0.484 e. The molecule has 0 aliphatic rings. The van der Waals surface area contributed by atoms with Crippen molar-refractivity contribution in [3.63, 3.8) is 0 Å². The van der Waals surface area contributed by atoms with Crippen molar-refractivity contribution in [2.45, 2.75) is 20.4 Å². The number of nitro groups is 1. The summed E-state index contributed by atoms with van der Waals surface area (Å²) in [5.41, 5.74) is 0.515. The van der Waals surface area contributed by atoms with Crippen LogP contribution in [-0.2, 0) is 11.3 Å². The fraction of sp³-hybridized carbons (Fsp3) is 0.316. The number of nitrogens with zero attached hydrogens (tertiary/aromatic N) is 5. The van der Waals surface area contributed by atoms with Crippen molar-refractivity contribution in [3.05, 3.63) is 62.5 Å². The zero-order valence-electron chi connectivity index (χ0n) is 17.7. The summed E-state index contributed by atoms with van der Waals surface area (Å²) in [6.07, 6.45) is 0. The van der Waals surface area contributed by atoms with Gasteiger partial charge in [-0.3, -0.25) is 24.4 Å². The van der Waals surface area contributed by atoms with Gasteiger partial charge in [0.15, 0.2) is 12.4 Å². The number of aryl methyl sites for hydroxylation is 1. The maximum atomic E-state index is 12.1. The van der Waals surface area contributed by atoms with Gasteiger partial charge in [0.05, 0.1) is 4.92 Å². The van der Waals surface area contributed by atoms with Crippen LogP contribution < -0.4 is 15.4 Å². The lowest BCUT2D eigenvalue weighted by molar-refractivity contribution is -0.386. The van der Waals surface area contributed by atoms with E-state index >= 15 is 0 Å². The van der Waals surface area contributed by atoms with E-state index in [1.165, 1.54) is 11.6 Å². The molecule has 174 valence electrons. The fourth-order valence-electron chi connectivity index (χ4n) is 2.83. The van der Waals surface area contributed by atoms with Crippen LogP contribution in [-0.4, -0.2) is 56.4 Å². The molecule has 3 aromatic rings. The average Bonchev–Trinajstić information content (AvgIpc) is 3.35. The summed E-state index contributed by atoms with van der Waals surface area (Å²) in [4.78, 5) is 38.5. The minimum absolute atomic E-state index is 0.000963. The van der Waals surface area contributed by atoms with Gasteiger partial charge in [0.25, 0.3) is 5.91 Å². The first-order chi connectivity index (χ1) is 15.7. The minimum Gasteiger partial charge on any atom is -0.484 e. The van der Waals surface area contributed by atoms with Crippen molar-refractivity contribution >= 4 is 29.1 Å². The molecule has 0 bridgehead atoms. The SMILES string of the molecule is Cc1nn(Cc2noc(C(=O)NCCNC(=O)COc3ccc(Cl)cc3)n2)c(C)c1[N+](=O)[O-]. The number of carbonyl (C=O) groups excluding carboxylic acids is 2. The van der Waals surface area contributed by atoms with Crippen molar-refractivity contribution in [1.29, 1.82) is 0 Å². The van der Waals surface area contributed by atoms with Crippen LogP contribution >= 0.6 is 11.6 Å². The van der Waals surface area contributed by atoms with Gasteiger partial charge in [-0.15, -0.1) is 0 Å². The summed E-state index contributed by atoms with van der Waals surface area (Å²) in [7, 11) is 0. The average molecular weight is 478 g/mol. The standard InChI is InChI=1S/C19H20ClN7O6/c1-11-17(27(30)31)12(2)26(24-11)9-15-23-19(33-25-15)18(29)22-8-7-21-16(28)10-32-14-5-3-13(20)4-6-14/h3-6H,7-10H2,1-2H3,(H,21,28)(H,22,29). The lowest BCUT2D eigenvalue weighted by Gasteiger charge is -2.07.